The number of allylic oxidation sites excluding steroid dienone is 3. The third-order valence-corrected chi connectivity index (χ3v) is 14.6. The molecule has 0 bridgehead atoms. The van der Waals surface area contributed by atoms with Crippen molar-refractivity contribution in [2.24, 2.45) is 0 Å². The van der Waals surface area contributed by atoms with Crippen LogP contribution in [-0.2, 0) is 10.8 Å². The molecule has 3 aliphatic carbocycles. The molecule has 0 N–H and O–H groups in total. The lowest BCUT2D eigenvalue weighted by Crippen LogP contribution is -2.28. The van der Waals surface area contributed by atoms with Gasteiger partial charge in [0.2, 0.25) is 0 Å². The van der Waals surface area contributed by atoms with Gasteiger partial charge in [0.05, 0.1) is 5.52 Å². The number of aromatic nitrogens is 1. The fourth-order valence-electron chi connectivity index (χ4n) is 11.2. The number of para-hydroxylation sites is 1. The number of anilines is 2. The first-order valence-corrected chi connectivity index (χ1v) is 22.4. The average molecular weight is 803 g/mol. The van der Waals surface area contributed by atoms with E-state index in [1.54, 1.807) is 0 Å². The first-order valence-electron chi connectivity index (χ1n) is 22.4. The standard InChI is InChI=1S/C59H50N2O/c1-38-13-12-19-48-51-36-42(24-30-53(51)61(56(38)48)46-27-23-39-14-8-9-15-41(39)35-46)40-21-25-44(26-22-40)60(45-31-33-59(4,34-32-45)43-16-6-5-7-17-43)47-28-29-49-52(37-47)58(2,3)55-50-18-10-11-20-54(50)62-57(49)55/h5-12,14-31,35-38H,13,32-34H2,1-4H3. The summed E-state index contributed by atoms with van der Waals surface area (Å²) in [7, 11) is 0. The van der Waals surface area contributed by atoms with Crippen LogP contribution in [0, 0.1) is 0 Å². The zero-order valence-electron chi connectivity index (χ0n) is 36.0. The number of rotatable bonds is 6. The van der Waals surface area contributed by atoms with Gasteiger partial charge in [-0.05, 0) is 125 Å². The molecule has 0 saturated carbocycles. The van der Waals surface area contributed by atoms with Gasteiger partial charge in [-0.15, -0.1) is 0 Å². The summed E-state index contributed by atoms with van der Waals surface area (Å²) in [5.74, 6) is 1.44. The van der Waals surface area contributed by atoms with E-state index in [1.807, 2.05) is 0 Å². The summed E-state index contributed by atoms with van der Waals surface area (Å²) >= 11 is 0. The van der Waals surface area contributed by atoms with Crippen molar-refractivity contribution in [2.45, 2.75) is 70.1 Å². The topological polar surface area (TPSA) is 21.3 Å². The average Bonchev–Trinajstić information content (AvgIpc) is 3.94. The molecule has 0 radical (unpaired) electrons. The molecule has 3 nitrogen and oxygen atoms in total. The molecular weight excluding hydrogens is 753 g/mol. The van der Waals surface area contributed by atoms with Crippen LogP contribution >= 0.6 is 0 Å². The summed E-state index contributed by atoms with van der Waals surface area (Å²) in [6, 6.07) is 58.6. The zero-order chi connectivity index (χ0) is 41.7. The molecule has 3 heteroatoms. The molecule has 9 aromatic rings. The van der Waals surface area contributed by atoms with Crippen molar-refractivity contribution in [3.63, 3.8) is 0 Å². The van der Waals surface area contributed by atoms with Gasteiger partial charge in [-0.2, -0.15) is 0 Å². The smallest absolute Gasteiger partial charge is 0.139 e. The van der Waals surface area contributed by atoms with Gasteiger partial charge in [0.1, 0.15) is 11.3 Å². The van der Waals surface area contributed by atoms with E-state index >= 15 is 0 Å². The Balaban J connectivity index is 0.945. The van der Waals surface area contributed by atoms with Gasteiger partial charge in [0.15, 0.2) is 0 Å². The highest BCUT2D eigenvalue weighted by Crippen LogP contribution is 2.54. The zero-order valence-corrected chi connectivity index (χ0v) is 36.0. The first kappa shape index (κ1) is 37.0. The maximum atomic E-state index is 6.57. The van der Waals surface area contributed by atoms with Gasteiger partial charge in [-0.25, -0.2) is 0 Å². The Kier molecular flexibility index (Phi) is 8.25. The minimum atomic E-state index is -0.201. The van der Waals surface area contributed by atoms with E-state index < -0.39 is 0 Å². The first-order chi connectivity index (χ1) is 30.2. The van der Waals surface area contributed by atoms with E-state index in [1.165, 1.54) is 94.5 Å². The van der Waals surface area contributed by atoms with Crippen LogP contribution in [0.3, 0.4) is 0 Å². The number of fused-ring (bicyclic) bond motifs is 9. The molecule has 0 aliphatic heterocycles. The van der Waals surface area contributed by atoms with Crippen LogP contribution in [0.2, 0.25) is 0 Å². The highest BCUT2D eigenvalue weighted by atomic mass is 16.3. The molecule has 12 rings (SSSR count). The van der Waals surface area contributed by atoms with Gasteiger partial charge < -0.3 is 13.9 Å². The number of hydrogen-bond donors (Lipinski definition) is 0. The predicted octanol–water partition coefficient (Wildman–Crippen LogP) is 16.2. The lowest BCUT2D eigenvalue weighted by atomic mass is 9.72. The van der Waals surface area contributed by atoms with Gasteiger partial charge in [-0.3, -0.25) is 0 Å². The van der Waals surface area contributed by atoms with E-state index in [-0.39, 0.29) is 10.8 Å². The van der Waals surface area contributed by atoms with Gasteiger partial charge >= 0.3 is 0 Å². The SMILES string of the molecule is CC1CC=Cc2c1n(-c1ccc3ccccc3c1)c1ccc(-c3ccc(N(C4=CCC(C)(c5ccccc5)CC4)c4ccc5c(c4)C(C)(C)c4c-5oc5ccccc45)cc3)cc21. The van der Waals surface area contributed by atoms with Crippen molar-refractivity contribution in [3.8, 4) is 28.1 Å². The molecular formula is C59H50N2O. The van der Waals surface area contributed by atoms with Crippen LogP contribution < -0.4 is 4.90 Å². The van der Waals surface area contributed by atoms with Crippen LogP contribution in [-0.4, -0.2) is 4.57 Å². The normalized spacial score (nSPS) is 18.8. The molecule has 62 heavy (non-hydrogen) atoms. The van der Waals surface area contributed by atoms with Crippen molar-refractivity contribution in [3.05, 3.63) is 204 Å². The minimum absolute atomic E-state index is 0.105. The molecule has 2 aromatic heterocycles. The maximum Gasteiger partial charge on any atom is 0.139 e. The Hall–Kier alpha value is -6.84. The van der Waals surface area contributed by atoms with Crippen molar-refractivity contribution in [1.82, 2.24) is 4.57 Å². The quantitative estimate of drug-likeness (QED) is 0.167. The highest BCUT2D eigenvalue weighted by Gasteiger charge is 2.41. The van der Waals surface area contributed by atoms with Crippen LogP contribution in [0.4, 0.5) is 11.4 Å². The Morgan fingerprint density at radius 1 is 0.677 bits per heavy atom. The number of hydrogen-bond acceptors (Lipinski definition) is 2. The van der Waals surface area contributed by atoms with Crippen molar-refractivity contribution < 1.29 is 4.42 Å². The minimum Gasteiger partial charge on any atom is -0.456 e. The summed E-state index contributed by atoms with van der Waals surface area (Å²) < 4.78 is 9.08. The molecule has 0 amide bonds. The van der Waals surface area contributed by atoms with Crippen LogP contribution in [0.5, 0.6) is 0 Å². The summed E-state index contributed by atoms with van der Waals surface area (Å²) in [5, 5.41) is 5.05. The second-order valence-electron chi connectivity index (χ2n) is 18.8. The third-order valence-electron chi connectivity index (χ3n) is 14.6. The van der Waals surface area contributed by atoms with Gasteiger partial charge in [0.25, 0.3) is 0 Å². The largest absolute Gasteiger partial charge is 0.456 e. The fraction of sp³-hybridized carbons (Fsp3) is 0.186. The molecule has 302 valence electrons. The highest BCUT2D eigenvalue weighted by molar-refractivity contribution is 5.98. The molecule has 3 aliphatic rings. The Labute approximate surface area is 364 Å². The van der Waals surface area contributed by atoms with Crippen molar-refractivity contribution >= 4 is 50.1 Å². The van der Waals surface area contributed by atoms with Crippen molar-refractivity contribution in [1.29, 1.82) is 0 Å². The molecule has 2 unspecified atom stereocenters. The van der Waals surface area contributed by atoms with E-state index in [9.17, 15) is 0 Å². The second-order valence-corrected chi connectivity index (χ2v) is 18.8. The predicted molar refractivity (Wildman–Crippen MR) is 260 cm³/mol. The summed E-state index contributed by atoms with van der Waals surface area (Å²) in [5.41, 5.74) is 17.5. The number of benzene rings is 7. The van der Waals surface area contributed by atoms with E-state index in [4.69, 9.17) is 4.42 Å². The molecule has 0 fully saturated rings. The van der Waals surface area contributed by atoms with Crippen LogP contribution in [0.1, 0.15) is 87.2 Å². The monoisotopic (exact) mass is 802 g/mol. The second kappa shape index (κ2) is 13.8. The van der Waals surface area contributed by atoms with E-state index in [2.05, 4.69) is 213 Å². The maximum absolute atomic E-state index is 6.57. The third kappa shape index (κ3) is 5.64. The molecule has 2 atom stereocenters. The lowest BCUT2D eigenvalue weighted by Gasteiger charge is -2.38. The molecule has 7 aromatic carbocycles. The van der Waals surface area contributed by atoms with E-state index in [0.29, 0.717) is 5.92 Å². The lowest BCUT2D eigenvalue weighted by molar-refractivity contribution is 0.417. The number of nitrogens with zero attached hydrogens (tertiary/aromatic N) is 2. The Morgan fingerprint density at radius 2 is 1.44 bits per heavy atom. The Morgan fingerprint density at radius 3 is 2.26 bits per heavy atom. The van der Waals surface area contributed by atoms with Crippen molar-refractivity contribution in [2.75, 3.05) is 4.90 Å². The van der Waals surface area contributed by atoms with Gasteiger partial charge in [-0.1, -0.05) is 143 Å². The van der Waals surface area contributed by atoms with Crippen LogP contribution in [0.25, 0.3) is 66.9 Å². The fourth-order valence-corrected chi connectivity index (χ4v) is 11.2. The number of furan rings is 1. The van der Waals surface area contributed by atoms with E-state index in [0.717, 1.165) is 37.0 Å². The molecule has 0 saturated heterocycles. The Bertz CT molecular complexity index is 3300. The van der Waals surface area contributed by atoms with Crippen LogP contribution in [0.15, 0.2) is 180 Å². The summed E-state index contributed by atoms with van der Waals surface area (Å²) in [6.07, 6.45) is 11.3. The molecule has 2 heterocycles. The summed E-state index contributed by atoms with van der Waals surface area (Å²) in [6.45, 7) is 9.51. The molecule has 0 spiro atoms. The summed E-state index contributed by atoms with van der Waals surface area (Å²) in [4.78, 5) is 2.53. The van der Waals surface area contributed by atoms with Gasteiger partial charge in [0, 0.05) is 67.2 Å².